The van der Waals surface area contributed by atoms with Crippen LogP contribution in [0.15, 0.2) is 16.7 Å². The average Bonchev–Trinajstić information content (AvgIpc) is 2.64. The number of alkyl halides is 1. The van der Waals surface area contributed by atoms with E-state index in [1.807, 2.05) is 10.9 Å². The topological polar surface area (TPSA) is 21.1 Å². The quantitative estimate of drug-likeness (QED) is 0.750. The lowest BCUT2D eigenvalue weighted by Crippen LogP contribution is -2.20. The Hall–Kier alpha value is -0.320. The lowest BCUT2D eigenvalue weighted by Gasteiger charge is -2.12. The van der Waals surface area contributed by atoms with Crippen molar-refractivity contribution in [1.29, 1.82) is 0 Å². The Morgan fingerprint density at radius 2 is 2.29 bits per heavy atom. The minimum absolute atomic E-state index is 0.654. The Kier molecular flexibility index (Phi) is 6.23. The van der Waals surface area contributed by atoms with Crippen molar-refractivity contribution in [2.45, 2.75) is 19.9 Å². The molecule has 3 nitrogen and oxygen atoms in total. The van der Waals surface area contributed by atoms with Gasteiger partial charge in [-0.25, -0.2) is 0 Å². The van der Waals surface area contributed by atoms with Gasteiger partial charge in [-0.1, -0.05) is 6.08 Å². The summed E-state index contributed by atoms with van der Waals surface area (Å²) in [6.45, 7) is 3.96. The van der Waals surface area contributed by atoms with Gasteiger partial charge in [0.05, 0.1) is 22.9 Å². The predicted molar refractivity (Wildman–Crippen MR) is 77.5 cm³/mol. The molecule has 0 aliphatic carbocycles. The third kappa shape index (κ3) is 4.45. The SMILES string of the molecule is CC(=CCCCl)c1c(Br)cnn1CCN(C)C. The molecule has 0 aliphatic heterocycles. The second kappa shape index (κ2) is 7.19. The summed E-state index contributed by atoms with van der Waals surface area (Å²) in [4.78, 5) is 2.15. The molecule has 0 aromatic carbocycles. The van der Waals surface area contributed by atoms with Crippen LogP contribution < -0.4 is 0 Å². The largest absolute Gasteiger partial charge is 0.308 e. The van der Waals surface area contributed by atoms with Crippen LogP contribution in [0.25, 0.3) is 5.57 Å². The maximum absolute atomic E-state index is 5.70. The number of rotatable bonds is 6. The number of halogens is 2. The zero-order chi connectivity index (χ0) is 12.8. The van der Waals surface area contributed by atoms with Crippen LogP contribution in [-0.4, -0.2) is 41.2 Å². The smallest absolute Gasteiger partial charge is 0.0778 e. The Labute approximate surface area is 117 Å². The summed E-state index contributed by atoms with van der Waals surface area (Å²) < 4.78 is 3.07. The highest BCUT2D eigenvalue weighted by Gasteiger charge is 2.10. The monoisotopic (exact) mass is 319 g/mol. The Balaban J connectivity index is 2.86. The van der Waals surface area contributed by atoms with Crippen LogP contribution in [0.1, 0.15) is 19.0 Å². The molecule has 1 rings (SSSR count). The van der Waals surface area contributed by atoms with Gasteiger partial charge in [-0.05, 0) is 48.9 Å². The van der Waals surface area contributed by atoms with Gasteiger partial charge in [0, 0.05) is 12.4 Å². The molecule has 1 aromatic rings. The Bertz CT molecular complexity index is 385. The highest BCUT2D eigenvalue weighted by Crippen LogP contribution is 2.24. The van der Waals surface area contributed by atoms with E-state index in [1.54, 1.807) is 0 Å². The lowest BCUT2D eigenvalue weighted by molar-refractivity contribution is 0.372. The van der Waals surface area contributed by atoms with Crippen LogP contribution in [0.2, 0.25) is 0 Å². The molecule has 0 fully saturated rings. The number of hydrogen-bond acceptors (Lipinski definition) is 2. The molecule has 0 bridgehead atoms. The normalized spacial score (nSPS) is 12.5. The van der Waals surface area contributed by atoms with E-state index in [0.717, 1.165) is 29.7 Å². The van der Waals surface area contributed by atoms with Crippen molar-refractivity contribution in [2.24, 2.45) is 0 Å². The summed E-state index contributed by atoms with van der Waals surface area (Å²) in [7, 11) is 4.13. The van der Waals surface area contributed by atoms with Crippen molar-refractivity contribution in [3.63, 3.8) is 0 Å². The molecule has 96 valence electrons. The van der Waals surface area contributed by atoms with Gasteiger partial charge in [0.2, 0.25) is 0 Å². The number of allylic oxidation sites excluding steroid dienone is 2. The molecule has 0 saturated heterocycles. The van der Waals surface area contributed by atoms with Crippen molar-refractivity contribution < 1.29 is 0 Å². The standard InChI is InChI=1S/C12H19BrClN3/c1-10(5-4-6-14)12-11(13)9-15-17(12)8-7-16(2)3/h5,9H,4,6-8H2,1-3H3. The summed E-state index contributed by atoms with van der Waals surface area (Å²) in [6.07, 6.45) is 4.89. The molecule has 5 heteroatoms. The first-order chi connectivity index (χ1) is 8.06. The van der Waals surface area contributed by atoms with Gasteiger partial charge < -0.3 is 4.90 Å². The number of hydrogen-bond donors (Lipinski definition) is 0. The highest BCUT2D eigenvalue weighted by molar-refractivity contribution is 9.10. The Morgan fingerprint density at radius 3 is 2.88 bits per heavy atom. The maximum atomic E-state index is 5.70. The lowest BCUT2D eigenvalue weighted by atomic mass is 10.2. The van der Waals surface area contributed by atoms with Gasteiger partial charge in [0.25, 0.3) is 0 Å². The molecule has 0 unspecified atom stereocenters. The second-order valence-electron chi connectivity index (χ2n) is 4.23. The van der Waals surface area contributed by atoms with Gasteiger partial charge in [-0.3, -0.25) is 4.68 Å². The van der Waals surface area contributed by atoms with E-state index in [-0.39, 0.29) is 0 Å². The van der Waals surface area contributed by atoms with Crippen molar-refractivity contribution in [3.05, 3.63) is 22.4 Å². The predicted octanol–water partition coefficient (Wildman–Crippen LogP) is 3.24. The van der Waals surface area contributed by atoms with E-state index in [0.29, 0.717) is 5.88 Å². The molecule has 1 aromatic heterocycles. The number of nitrogens with zero attached hydrogens (tertiary/aromatic N) is 3. The molecule has 17 heavy (non-hydrogen) atoms. The van der Waals surface area contributed by atoms with Crippen molar-refractivity contribution in [1.82, 2.24) is 14.7 Å². The first kappa shape index (κ1) is 14.7. The highest BCUT2D eigenvalue weighted by atomic mass is 79.9. The fourth-order valence-electron chi connectivity index (χ4n) is 1.59. The van der Waals surface area contributed by atoms with Crippen LogP contribution in [0.3, 0.4) is 0 Å². The first-order valence-electron chi connectivity index (χ1n) is 5.65. The molecule has 0 N–H and O–H groups in total. The van der Waals surface area contributed by atoms with Crippen LogP contribution in [-0.2, 0) is 6.54 Å². The molecule has 0 saturated carbocycles. The van der Waals surface area contributed by atoms with Crippen LogP contribution in [0, 0.1) is 0 Å². The van der Waals surface area contributed by atoms with Crippen LogP contribution in [0.4, 0.5) is 0 Å². The number of aromatic nitrogens is 2. The minimum atomic E-state index is 0.654. The molecular formula is C12H19BrClN3. The summed E-state index contributed by atoms with van der Waals surface area (Å²) >= 11 is 9.25. The Morgan fingerprint density at radius 1 is 1.59 bits per heavy atom. The molecular weight excluding hydrogens is 302 g/mol. The van der Waals surface area contributed by atoms with Crippen LogP contribution >= 0.6 is 27.5 Å². The van der Waals surface area contributed by atoms with E-state index >= 15 is 0 Å². The van der Waals surface area contributed by atoms with Crippen LogP contribution in [0.5, 0.6) is 0 Å². The van der Waals surface area contributed by atoms with Gasteiger partial charge in [-0.2, -0.15) is 5.10 Å². The minimum Gasteiger partial charge on any atom is -0.308 e. The van der Waals surface area contributed by atoms with Crippen molar-refractivity contribution in [3.8, 4) is 0 Å². The third-order valence-electron chi connectivity index (χ3n) is 2.49. The fourth-order valence-corrected chi connectivity index (χ4v) is 2.30. The molecule has 0 spiro atoms. The second-order valence-corrected chi connectivity index (χ2v) is 5.46. The molecule has 0 amide bonds. The molecule has 0 radical (unpaired) electrons. The zero-order valence-corrected chi connectivity index (χ0v) is 12.9. The van der Waals surface area contributed by atoms with E-state index in [2.05, 4.69) is 53.0 Å². The number of likely N-dealkylation sites (N-methyl/N-ethyl adjacent to an activating group) is 1. The summed E-state index contributed by atoms with van der Waals surface area (Å²) in [6, 6.07) is 0. The summed E-state index contributed by atoms with van der Waals surface area (Å²) in [5, 5.41) is 4.39. The molecule has 0 atom stereocenters. The summed E-state index contributed by atoms with van der Waals surface area (Å²) in [5.74, 6) is 0.654. The zero-order valence-electron chi connectivity index (χ0n) is 10.6. The molecule has 1 heterocycles. The van der Waals surface area contributed by atoms with Crippen molar-refractivity contribution >= 4 is 33.1 Å². The fraction of sp³-hybridized carbons (Fsp3) is 0.583. The van der Waals surface area contributed by atoms with E-state index in [4.69, 9.17) is 11.6 Å². The van der Waals surface area contributed by atoms with E-state index < -0.39 is 0 Å². The van der Waals surface area contributed by atoms with E-state index in [1.165, 1.54) is 5.57 Å². The van der Waals surface area contributed by atoms with E-state index in [9.17, 15) is 0 Å². The van der Waals surface area contributed by atoms with Gasteiger partial charge in [0.1, 0.15) is 0 Å². The average molecular weight is 321 g/mol. The third-order valence-corrected chi connectivity index (χ3v) is 3.29. The van der Waals surface area contributed by atoms with Crippen molar-refractivity contribution in [2.75, 3.05) is 26.5 Å². The van der Waals surface area contributed by atoms with Gasteiger partial charge in [-0.15, -0.1) is 11.6 Å². The molecule has 0 aliphatic rings. The summed E-state index contributed by atoms with van der Waals surface area (Å²) in [5.41, 5.74) is 2.37. The first-order valence-corrected chi connectivity index (χ1v) is 6.98. The van der Waals surface area contributed by atoms with Gasteiger partial charge in [0.15, 0.2) is 0 Å². The van der Waals surface area contributed by atoms with Gasteiger partial charge >= 0.3 is 0 Å². The maximum Gasteiger partial charge on any atom is 0.0778 e.